The van der Waals surface area contributed by atoms with Gasteiger partial charge >= 0.3 is 12.5 Å². The Morgan fingerprint density at radius 1 is 1.17 bits per heavy atom. The van der Waals surface area contributed by atoms with Crippen LogP contribution in [0.2, 0.25) is 5.02 Å². The highest BCUT2D eigenvalue weighted by atomic mass is 35.5. The van der Waals surface area contributed by atoms with Crippen LogP contribution in [-0.2, 0) is 9.53 Å². The number of carbonyl (C=O) groups is 2. The lowest BCUT2D eigenvalue weighted by Crippen LogP contribution is -2.21. The van der Waals surface area contributed by atoms with Crippen molar-refractivity contribution in [1.29, 1.82) is 0 Å². The van der Waals surface area contributed by atoms with Gasteiger partial charge in [-0.15, -0.1) is 5.10 Å². The van der Waals surface area contributed by atoms with Crippen molar-refractivity contribution in [3.8, 4) is 28.3 Å². The van der Waals surface area contributed by atoms with Gasteiger partial charge in [0, 0.05) is 39.9 Å². The maximum atomic E-state index is 13.9. The zero-order valence-corrected chi connectivity index (χ0v) is 25.0. The quantitative estimate of drug-likeness (QED) is 0.234. The lowest BCUT2D eigenvalue weighted by molar-refractivity contribution is -0.119. The number of hydrogen-bond donors (Lipinski definition) is 1. The van der Waals surface area contributed by atoms with Gasteiger partial charge in [-0.05, 0) is 43.2 Å². The molecule has 4 aromatic heterocycles. The van der Waals surface area contributed by atoms with Crippen LogP contribution in [0.15, 0.2) is 76.5 Å². The maximum absolute atomic E-state index is 13.9. The molecule has 12 nitrogen and oxygen atoms in total. The number of carbonyl (C=O) groups excluding carboxylic acids is 2. The first-order valence-corrected chi connectivity index (χ1v) is 14.3. The predicted octanol–water partition coefficient (Wildman–Crippen LogP) is 5.78. The van der Waals surface area contributed by atoms with Gasteiger partial charge in [-0.3, -0.25) is 14.6 Å². The van der Waals surface area contributed by atoms with Crippen LogP contribution in [0.5, 0.6) is 0 Å². The molecule has 1 aromatic carbocycles. The molecule has 234 valence electrons. The van der Waals surface area contributed by atoms with Crippen LogP contribution in [0.3, 0.4) is 0 Å². The van der Waals surface area contributed by atoms with Crippen molar-refractivity contribution in [2.45, 2.75) is 26.3 Å². The van der Waals surface area contributed by atoms with E-state index in [1.807, 2.05) is 0 Å². The molecular formula is C31H24ClF2N7O5. The largest absolute Gasteiger partial charge is 0.464 e. The molecule has 1 atom stereocenters. The number of anilines is 1. The lowest BCUT2D eigenvalue weighted by atomic mass is 9.96. The summed E-state index contributed by atoms with van der Waals surface area (Å²) >= 11 is 6.29. The van der Waals surface area contributed by atoms with Gasteiger partial charge in [0.05, 0.1) is 47.8 Å². The van der Waals surface area contributed by atoms with E-state index in [0.717, 1.165) is 0 Å². The molecule has 0 unspecified atom stereocenters. The summed E-state index contributed by atoms with van der Waals surface area (Å²) in [5, 5.41) is 14.7. The van der Waals surface area contributed by atoms with Crippen LogP contribution in [-0.4, -0.2) is 48.7 Å². The zero-order chi connectivity index (χ0) is 32.5. The van der Waals surface area contributed by atoms with Crippen molar-refractivity contribution >= 4 is 34.7 Å². The Bertz CT molecular complexity index is 2070. The second kappa shape index (κ2) is 12.5. The lowest BCUT2D eigenvalue weighted by Gasteiger charge is -2.16. The number of methoxy groups -OCH3 is 1. The van der Waals surface area contributed by atoms with E-state index in [9.17, 15) is 23.2 Å². The van der Waals surface area contributed by atoms with Gasteiger partial charge in [0.25, 0.3) is 0 Å². The fraction of sp³-hybridized carbons (Fsp3) is 0.194. The Morgan fingerprint density at radius 3 is 2.76 bits per heavy atom. The summed E-state index contributed by atoms with van der Waals surface area (Å²) in [6, 6.07) is 9.15. The molecule has 1 amide bonds. The van der Waals surface area contributed by atoms with Crippen molar-refractivity contribution in [2.24, 2.45) is 5.92 Å². The molecule has 0 saturated carbocycles. The van der Waals surface area contributed by atoms with Crippen LogP contribution >= 0.6 is 11.6 Å². The fourth-order valence-corrected chi connectivity index (χ4v) is 5.24. The second-order valence-electron chi connectivity index (χ2n) is 10.4. The number of benzene rings is 1. The van der Waals surface area contributed by atoms with E-state index in [2.05, 4.69) is 25.7 Å². The standard InChI is InChI=1S/C31H24ClF2N7O5/c1-16-4-3-5-19(22-10-17(8-9-35-22)28-23(37-29(16)43)13-36-41(28)31(33)34)21-15-46-27(12-26(21)42)20-11-18(32)6-7-25(20)40-14-24(38-39-40)30(44)45-2/h5-16,31H,3-4H2,1-2H3,(H,37,43)/b19-5-/t16-/m1/s1. The molecular weight excluding hydrogens is 624 g/mol. The summed E-state index contributed by atoms with van der Waals surface area (Å²) in [4.78, 5) is 43.0. The maximum Gasteiger partial charge on any atom is 0.360 e. The van der Waals surface area contributed by atoms with Gasteiger partial charge in [0.1, 0.15) is 12.0 Å². The van der Waals surface area contributed by atoms with E-state index in [0.29, 0.717) is 50.6 Å². The number of nitrogens with zero attached hydrogens (tertiary/aromatic N) is 6. The average Bonchev–Trinajstić information content (AvgIpc) is 3.71. The normalized spacial score (nSPS) is 16.1. The van der Waals surface area contributed by atoms with Gasteiger partial charge in [-0.2, -0.15) is 13.9 Å². The van der Waals surface area contributed by atoms with Crippen LogP contribution < -0.4 is 10.7 Å². The van der Waals surface area contributed by atoms with E-state index in [-0.39, 0.29) is 34.3 Å². The van der Waals surface area contributed by atoms with Crippen molar-refractivity contribution < 1.29 is 27.5 Å². The molecule has 5 aromatic rings. The molecule has 0 saturated heterocycles. The molecule has 0 aliphatic carbocycles. The van der Waals surface area contributed by atoms with Gasteiger partial charge < -0.3 is 14.5 Å². The molecule has 1 aliphatic heterocycles. The number of rotatable bonds is 5. The monoisotopic (exact) mass is 647 g/mol. The van der Waals surface area contributed by atoms with Gasteiger partial charge in [-0.25, -0.2) is 14.2 Å². The Hall–Kier alpha value is -5.50. The molecule has 2 bridgehead atoms. The minimum Gasteiger partial charge on any atom is -0.464 e. The van der Waals surface area contributed by atoms with E-state index in [4.69, 9.17) is 20.8 Å². The Morgan fingerprint density at radius 2 is 2.00 bits per heavy atom. The smallest absolute Gasteiger partial charge is 0.360 e. The summed E-state index contributed by atoms with van der Waals surface area (Å²) in [6.45, 7) is -1.25. The molecule has 46 heavy (non-hydrogen) atoms. The van der Waals surface area contributed by atoms with Crippen LogP contribution in [0.4, 0.5) is 14.5 Å². The number of fused-ring (bicyclic) bond motifs is 4. The number of esters is 1. The number of pyridine rings is 1. The molecule has 1 N–H and O–H groups in total. The number of halogens is 3. The summed E-state index contributed by atoms with van der Waals surface area (Å²) in [6.07, 6.45) is 7.81. The number of allylic oxidation sites excluding steroid dienone is 1. The number of ether oxygens (including phenoxy) is 1. The predicted molar refractivity (Wildman–Crippen MR) is 162 cm³/mol. The van der Waals surface area contributed by atoms with E-state index in [1.165, 1.54) is 48.8 Å². The third-order valence-electron chi connectivity index (χ3n) is 7.42. The second-order valence-corrected chi connectivity index (χ2v) is 10.8. The average molecular weight is 648 g/mol. The van der Waals surface area contributed by atoms with Crippen molar-refractivity contribution in [1.82, 2.24) is 29.8 Å². The molecule has 5 heterocycles. The number of aromatic nitrogens is 6. The van der Waals surface area contributed by atoms with Crippen LogP contribution in [0.1, 0.15) is 48.1 Å². The van der Waals surface area contributed by atoms with E-state index < -0.39 is 23.9 Å². The van der Waals surface area contributed by atoms with Crippen molar-refractivity contribution in [3.63, 3.8) is 0 Å². The highest BCUT2D eigenvalue weighted by Gasteiger charge is 2.25. The first-order chi connectivity index (χ1) is 22.1. The first kappa shape index (κ1) is 30.5. The topological polar surface area (TPSA) is 147 Å². The molecule has 15 heteroatoms. The summed E-state index contributed by atoms with van der Waals surface area (Å²) in [5.74, 6) is -1.37. The number of nitrogens with one attached hydrogen (secondary N) is 1. The van der Waals surface area contributed by atoms with Gasteiger partial charge in [0.15, 0.2) is 11.1 Å². The van der Waals surface area contributed by atoms with Crippen LogP contribution in [0.25, 0.3) is 33.8 Å². The SMILES string of the molecule is COC(=O)c1cn(-c2ccc(Cl)cc2-c2cc(=O)c(/C3=C/CC[C@@H](C)C(=O)Nc4cnn(C(F)F)c4-c4ccnc3c4)co2)nn1. The van der Waals surface area contributed by atoms with Crippen LogP contribution in [0, 0.1) is 5.92 Å². The van der Waals surface area contributed by atoms with Crippen molar-refractivity contribution in [2.75, 3.05) is 12.4 Å². The third-order valence-corrected chi connectivity index (χ3v) is 7.66. The third kappa shape index (κ3) is 5.81. The molecule has 0 spiro atoms. The Balaban J connectivity index is 1.45. The minimum absolute atomic E-state index is 0.00143. The molecule has 0 fully saturated rings. The number of amides is 1. The highest BCUT2D eigenvalue weighted by Crippen LogP contribution is 2.35. The Kier molecular flexibility index (Phi) is 8.28. The highest BCUT2D eigenvalue weighted by molar-refractivity contribution is 6.31. The van der Waals surface area contributed by atoms with Crippen molar-refractivity contribution in [3.05, 3.63) is 99.5 Å². The molecule has 0 radical (unpaired) electrons. The number of alkyl halides is 2. The van der Waals surface area contributed by atoms with E-state index >= 15 is 0 Å². The molecule has 1 aliphatic rings. The fourth-order valence-electron chi connectivity index (χ4n) is 5.07. The summed E-state index contributed by atoms with van der Waals surface area (Å²) in [7, 11) is 1.22. The van der Waals surface area contributed by atoms with E-state index in [1.54, 1.807) is 37.3 Å². The zero-order valence-electron chi connectivity index (χ0n) is 24.3. The minimum atomic E-state index is -2.97. The van der Waals surface area contributed by atoms with Gasteiger partial charge in [0.2, 0.25) is 5.91 Å². The Labute approximate surface area is 264 Å². The number of hydrogen-bond acceptors (Lipinski definition) is 9. The summed E-state index contributed by atoms with van der Waals surface area (Å²) in [5.41, 5.74) is 1.65. The first-order valence-electron chi connectivity index (χ1n) is 13.9. The summed E-state index contributed by atoms with van der Waals surface area (Å²) < 4.78 is 40.4. The van der Waals surface area contributed by atoms with Gasteiger partial charge in [-0.1, -0.05) is 29.8 Å². The molecule has 6 rings (SSSR count).